The molecule has 0 aliphatic heterocycles. The number of benzene rings is 1. The van der Waals surface area contributed by atoms with Gasteiger partial charge in [0.1, 0.15) is 5.60 Å². The molecule has 3 N–H and O–H groups in total. The van der Waals surface area contributed by atoms with Crippen molar-refractivity contribution in [1.29, 1.82) is 0 Å². The van der Waals surface area contributed by atoms with Crippen molar-refractivity contribution < 1.29 is 13.7 Å². The topological polar surface area (TPSA) is 91.8 Å². The summed E-state index contributed by atoms with van der Waals surface area (Å²) < 4.78 is 17.6. The normalized spacial score (nSPS) is 13.6. The number of nitrogens with zero attached hydrogens (tertiary/aromatic N) is 1. The number of hydrogen-bond acceptors (Lipinski definition) is 4. The van der Waals surface area contributed by atoms with Crippen LogP contribution in [-0.4, -0.2) is 52.8 Å². The summed E-state index contributed by atoms with van der Waals surface area (Å²) in [5, 5.41) is 9.18. The quantitative estimate of drug-likeness (QED) is 0.453. The van der Waals surface area contributed by atoms with Crippen molar-refractivity contribution in [2.75, 3.05) is 25.4 Å². The number of carbonyl (C=O) groups excluding carboxylic acids is 1. The Kier molecular flexibility index (Phi) is 9.45. The highest BCUT2D eigenvalue weighted by Crippen LogP contribution is 2.10. The lowest BCUT2D eigenvalue weighted by atomic mass is 10.1. The average Bonchev–Trinajstić information content (AvgIpc) is 2.58. The number of aliphatic imine (C=N–C) groups is 1. The van der Waals surface area contributed by atoms with Crippen LogP contribution in [-0.2, 0) is 15.5 Å². The summed E-state index contributed by atoms with van der Waals surface area (Å²) in [6.45, 7) is 12.8. The van der Waals surface area contributed by atoms with Crippen molar-refractivity contribution in [2.24, 2.45) is 4.99 Å². The Balaban J connectivity index is 2.55. The fourth-order valence-corrected chi connectivity index (χ4v) is 3.17. The van der Waals surface area contributed by atoms with Crippen LogP contribution in [0.25, 0.3) is 0 Å². The monoisotopic (exact) mass is 410 g/mol. The van der Waals surface area contributed by atoms with Crippen LogP contribution in [0.1, 0.15) is 41.5 Å². The van der Waals surface area contributed by atoms with Gasteiger partial charge in [-0.15, -0.1) is 0 Å². The molecule has 7 nitrogen and oxygen atoms in total. The summed E-state index contributed by atoms with van der Waals surface area (Å²) in [7, 11) is -1.06. The van der Waals surface area contributed by atoms with E-state index in [1.165, 1.54) is 0 Å². The molecule has 0 saturated carbocycles. The Morgan fingerprint density at radius 2 is 1.75 bits per heavy atom. The standard InChI is InChI=1S/C20H34N4O3S/c1-7-21-17(22-13-14-28(26)16-11-9-8-10-12-16)23-15-20(5,6)24-18(25)27-19(2,3)4/h8-12H,7,13-15H2,1-6H3,(H,24,25)(H2,21,22,23). The second kappa shape index (κ2) is 11.0. The van der Waals surface area contributed by atoms with Gasteiger partial charge in [0, 0.05) is 23.7 Å². The third-order valence-corrected chi connectivity index (χ3v) is 4.77. The molecule has 1 atom stereocenters. The first kappa shape index (κ1) is 23.9. The lowest BCUT2D eigenvalue weighted by Gasteiger charge is -2.27. The fraction of sp³-hybridized carbons (Fsp3) is 0.600. The molecule has 158 valence electrons. The molecule has 0 bridgehead atoms. The van der Waals surface area contributed by atoms with E-state index in [-0.39, 0.29) is 0 Å². The maximum Gasteiger partial charge on any atom is 0.408 e. The zero-order valence-corrected chi connectivity index (χ0v) is 18.6. The van der Waals surface area contributed by atoms with E-state index in [1.54, 1.807) is 0 Å². The molecule has 1 aromatic carbocycles. The molecule has 0 radical (unpaired) electrons. The van der Waals surface area contributed by atoms with Crippen LogP contribution >= 0.6 is 0 Å². The van der Waals surface area contributed by atoms with Crippen molar-refractivity contribution in [3.8, 4) is 0 Å². The third kappa shape index (κ3) is 10.3. The minimum Gasteiger partial charge on any atom is -0.444 e. The van der Waals surface area contributed by atoms with E-state index >= 15 is 0 Å². The summed E-state index contributed by atoms with van der Waals surface area (Å²) in [6.07, 6.45) is -0.469. The first-order valence-electron chi connectivity index (χ1n) is 9.49. The first-order chi connectivity index (χ1) is 13.0. The molecule has 0 saturated heterocycles. The van der Waals surface area contributed by atoms with Crippen LogP contribution in [0.5, 0.6) is 0 Å². The SMILES string of the molecule is CCNC(=NCC(C)(C)NC(=O)OC(C)(C)C)NCCS(=O)c1ccccc1. The maximum atomic E-state index is 12.3. The highest BCUT2D eigenvalue weighted by atomic mass is 32.2. The van der Waals surface area contributed by atoms with Crippen LogP contribution in [0.4, 0.5) is 4.79 Å². The highest BCUT2D eigenvalue weighted by Gasteiger charge is 2.24. The molecule has 28 heavy (non-hydrogen) atoms. The molecule has 0 aliphatic rings. The summed E-state index contributed by atoms with van der Waals surface area (Å²) >= 11 is 0. The van der Waals surface area contributed by atoms with Gasteiger partial charge < -0.3 is 20.7 Å². The van der Waals surface area contributed by atoms with Gasteiger partial charge in [-0.2, -0.15) is 0 Å². The molecule has 1 aromatic rings. The molecule has 0 heterocycles. The maximum absolute atomic E-state index is 12.3. The number of hydrogen-bond donors (Lipinski definition) is 3. The lowest BCUT2D eigenvalue weighted by Crippen LogP contribution is -2.49. The summed E-state index contributed by atoms with van der Waals surface area (Å²) in [6, 6.07) is 9.39. The van der Waals surface area contributed by atoms with Crippen LogP contribution < -0.4 is 16.0 Å². The molecule has 0 aliphatic carbocycles. The third-order valence-electron chi connectivity index (χ3n) is 3.40. The molecule has 0 fully saturated rings. The number of nitrogens with one attached hydrogen (secondary N) is 3. The number of carbonyl (C=O) groups is 1. The average molecular weight is 411 g/mol. The molecule has 8 heteroatoms. The summed E-state index contributed by atoms with van der Waals surface area (Å²) in [5.41, 5.74) is -1.12. The Labute approximate surface area is 171 Å². The second-order valence-electron chi connectivity index (χ2n) is 8.00. The second-order valence-corrected chi connectivity index (χ2v) is 9.57. The fourth-order valence-electron chi connectivity index (χ4n) is 2.19. The van der Waals surface area contributed by atoms with Crippen LogP contribution in [0.3, 0.4) is 0 Å². The molecular weight excluding hydrogens is 376 g/mol. The molecule has 0 spiro atoms. The minimum absolute atomic E-state index is 0.364. The first-order valence-corrected chi connectivity index (χ1v) is 10.8. The van der Waals surface area contributed by atoms with Crippen LogP contribution in [0.2, 0.25) is 0 Å². The van der Waals surface area contributed by atoms with E-state index in [1.807, 2.05) is 71.9 Å². The van der Waals surface area contributed by atoms with Crippen LogP contribution in [0.15, 0.2) is 40.2 Å². The zero-order chi connectivity index (χ0) is 21.2. The Bertz CT molecular complexity index is 670. The van der Waals surface area contributed by atoms with Gasteiger partial charge in [0.2, 0.25) is 0 Å². The van der Waals surface area contributed by atoms with Gasteiger partial charge in [-0.25, -0.2) is 4.79 Å². The van der Waals surface area contributed by atoms with E-state index in [0.29, 0.717) is 31.3 Å². The molecule has 1 unspecified atom stereocenters. The lowest BCUT2D eigenvalue weighted by molar-refractivity contribution is 0.0476. The zero-order valence-electron chi connectivity index (χ0n) is 17.8. The van der Waals surface area contributed by atoms with Gasteiger partial charge in [0.25, 0.3) is 0 Å². The summed E-state index contributed by atoms with van der Waals surface area (Å²) in [5.74, 6) is 1.10. The molecule has 0 aromatic heterocycles. The van der Waals surface area contributed by atoms with Gasteiger partial charge in [0.15, 0.2) is 5.96 Å². The van der Waals surface area contributed by atoms with Gasteiger partial charge in [0.05, 0.1) is 22.9 Å². The molecule has 1 amide bonds. The Hall–Kier alpha value is -2.09. The predicted octanol–water partition coefficient (Wildman–Crippen LogP) is 2.65. The van der Waals surface area contributed by atoms with Crippen molar-refractivity contribution >= 4 is 22.9 Å². The van der Waals surface area contributed by atoms with E-state index < -0.39 is 28.0 Å². The number of alkyl carbamates (subject to hydrolysis) is 1. The minimum atomic E-state index is -1.06. The summed E-state index contributed by atoms with van der Waals surface area (Å²) in [4.78, 5) is 17.3. The van der Waals surface area contributed by atoms with Crippen LogP contribution in [0, 0.1) is 0 Å². The van der Waals surface area contributed by atoms with Gasteiger partial charge >= 0.3 is 6.09 Å². The van der Waals surface area contributed by atoms with E-state index in [0.717, 1.165) is 4.90 Å². The van der Waals surface area contributed by atoms with Gasteiger partial charge in [-0.05, 0) is 53.7 Å². The Morgan fingerprint density at radius 1 is 1.11 bits per heavy atom. The van der Waals surface area contributed by atoms with Crippen molar-refractivity contribution in [3.05, 3.63) is 30.3 Å². The Morgan fingerprint density at radius 3 is 2.32 bits per heavy atom. The van der Waals surface area contributed by atoms with Crippen molar-refractivity contribution in [3.63, 3.8) is 0 Å². The van der Waals surface area contributed by atoms with Crippen molar-refractivity contribution in [2.45, 2.75) is 57.6 Å². The largest absolute Gasteiger partial charge is 0.444 e. The van der Waals surface area contributed by atoms with Gasteiger partial charge in [-0.1, -0.05) is 18.2 Å². The number of ether oxygens (including phenoxy) is 1. The van der Waals surface area contributed by atoms with E-state index in [4.69, 9.17) is 4.74 Å². The molecular formula is C20H34N4O3S. The smallest absolute Gasteiger partial charge is 0.408 e. The highest BCUT2D eigenvalue weighted by molar-refractivity contribution is 7.85. The van der Waals surface area contributed by atoms with E-state index in [2.05, 4.69) is 20.9 Å². The van der Waals surface area contributed by atoms with Crippen molar-refractivity contribution in [1.82, 2.24) is 16.0 Å². The number of guanidine groups is 1. The number of rotatable bonds is 8. The molecule has 1 rings (SSSR count). The number of amides is 1. The predicted molar refractivity (Wildman–Crippen MR) is 115 cm³/mol. The van der Waals surface area contributed by atoms with Gasteiger partial charge in [-0.3, -0.25) is 9.20 Å². The van der Waals surface area contributed by atoms with E-state index in [9.17, 15) is 9.00 Å².